The van der Waals surface area contributed by atoms with Gasteiger partial charge in [0.1, 0.15) is 0 Å². The van der Waals surface area contributed by atoms with Gasteiger partial charge in [-0.15, -0.1) is 10.2 Å². The van der Waals surface area contributed by atoms with E-state index in [0.717, 1.165) is 72.3 Å². The van der Waals surface area contributed by atoms with Crippen LogP contribution in [-0.2, 0) is 0 Å². The molecule has 0 saturated carbocycles. The molecule has 0 spiro atoms. The van der Waals surface area contributed by atoms with E-state index in [0.29, 0.717) is 0 Å². The summed E-state index contributed by atoms with van der Waals surface area (Å²) < 4.78 is 2.12. The number of para-hydroxylation sites is 1. The van der Waals surface area contributed by atoms with E-state index in [-0.39, 0.29) is 0 Å². The van der Waals surface area contributed by atoms with Crippen molar-refractivity contribution < 1.29 is 0 Å². The summed E-state index contributed by atoms with van der Waals surface area (Å²) in [7, 11) is 0. The average Bonchev–Trinajstić information content (AvgIpc) is 3.57. The zero-order chi connectivity index (χ0) is 29.7. The summed E-state index contributed by atoms with van der Waals surface area (Å²) in [6, 6.07) is 50.3. The fourth-order valence-electron chi connectivity index (χ4n) is 6.37. The maximum atomic E-state index is 5.21. The van der Waals surface area contributed by atoms with Crippen LogP contribution in [0, 0.1) is 0 Å². The molecule has 0 bridgehead atoms. The first-order chi connectivity index (χ1) is 22.3. The van der Waals surface area contributed by atoms with Gasteiger partial charge in [0.2, 0.25) is 0 Å². The SMILES string of the molecule is c1ccc(-c2nnc(-c3ccc(-c4ccc5ccc6c7ccc8cccnc8c7ccc6c5n4)cc3)n2-c2ccccc2)cc1. The molecule has 0 fully saturated rings. The summed E-state index contributed by atoms with van der Waals surface area (Å²) in [5, 5.41) is 16.2. The third-order valence-electron chi connectivity index (χ3n) is 8.57. The zero-order valence-electron chi connectivity index (χ0n) is 24.2. The van der Waals surface area contributed by atoms with Crippen molar-refractivity contribution in [1.82, 2.24) is 24.7 Å². The highest BCUT2D eigenvalue weighted by Gasteiger charge is 2.17. The molecule has 0 atom stereocenters. The van der Waals surface area contributed by atoms with Gasteiger partial charge in [-0.2, -0.15) is 0 Å². The maximum Gasteiger partial charge on any atom is 0.168 e. The third-order valence-corrected chi connectivity index (χ3v) is 8.57. The predicted octanol–water partition coefficient (Wildman–Crippen LogP) is 9.67. The van der Waals surface area contributed by atoms with Gasteiger partial charge in [0, 0.05) is 50.1 Å². The van der Waals surface area contributed by atoms with Gasteiger partial charge in [-0.25, -0.2) is 4.98 Å². The van der Waals surface area contributed by atoms with Crippen molar-refractivity contribution in [3.63, 3.8) is 0 Å². The van der Waals surface area contributed by atoms with Gasteiger partial charge in [0.15, 0.2) is 11.6 Å². The first kappa shape index (κ1) is 25.3. The lowest BCUT2D eigenvalue weighted by Gasteiger charge is -2.12. The van der Waals surface area contributed by atoms with Gasteiger partial charge in [0.05, 0.1) is 16.7 Å². The number of aromatic nitrogens is 5. The van der Waals surface area contributed by atoms with Crippen molar-refractivity contribution in [1.29, 1.82) is 0 Å². The molecule has 5 heteroatoms. The first-order valence-electron chi connectivity index (χ1n) is 15.0. The topological polar surface area (TPSA) is 56.5 Å². The van der Waals surface area contributed by atoms with Gasteiger partial charge in [-0.05, 0) is 35.0 Å². The van der Waals surface area contributed by atoms with Crippen LogP contribution in [0.1, 0.15) is 0 Å². The molecule has 45 heavy (non-hydrogen) atoms. The fraction of sp³-hybridized carbons (Fsp3) is 0. The van der Waals surface area contributed by atoms with Crippen LogP contribution in [0.25, 0.3) is 83.1 Å². The van der Waals surface area contributed by atoms with Crippen LogP contribution < -0.4 is 0 Å². The van der Waals surface area contributed by atoms with Crippen LogP contribution >= 0.6 is 0 Å². The number of fused-ring (bicyclic) bond motifs is 7. The molecule has 0 amide bonds. The average molecular weight is 576 g/mol. The molecule has 6 aromatic carbocycles. The largest absolute Gasteiger partial charge is 0.275 e. The lowest BCUT2D eigenvalue weighted by molar-refractivity contribution is 1.07. The van der Waals surface area contributed by atoms with Crippen molar-refractivity contribution in [3.8, 4) is 39.7 Å². The molecular formula is C40H25N5. The lowest BCUT2D eigenvalue weighted by atomic mass is 9.97. The highest BCUT2D eigenvalue weighted by Crippen LogP contribution is 2.35. The van der Waals surface area contributed by atoms with Crippen molar-refractivity contribution in [2.24, 2.45) is 0 Å². The van der Waals surface area contributed by atoms with Crippen LogP contribution in [0.5, 0.6) is 0 Å². The van der Waals surface area contributed by atoms with Crippen molar-refractivity contribution in [3.05, 3.63) is 152 Å². The van der Waals surface area contributed by atoms with Gasteiger partial charge >= 0.3 is 0 Å². The standard InChI is InChI=1S/C40H25N5/c1-3-8-29(9-4-1)39-43-44-40(45(39)31-11-5-2-6-12-31)30-15-13-26(14-16-30)36-24-19-28-18-21-33-32-20-17-27-10-7-25-41-37(27)34(32)22-23-35(33)38(28)42-36/h1-25H. The molecule has 0 aliphatic carbocycles. The minimum Gasteiger partial charge on any atom is -0.275 e. The lowest BCUT2D eigenvalue weighted by Crippen LogP contribution is -2.00. The molecule has 9 rings (SSSR count). The van der Waals surface area contributed by atoms with Crippen LogP contribution in [0.15, 0.2) is 152 Å². The van der Waals surface area contributed by atoms with Crippen LogP contribution in [0.4, 0.5) is 0 Å². The quantitative estimate of drug-likeness (QED) is 0.196. The molecule has 5 nitrogen and oxygen atoms in total. The Kier molecular flexibility index (Phi) is 5.74. The second kappa shape index (κ2) is 10.2. The van der Waals surface area contributed by atoms with Crippen molar-refractivity contribution in [2.75, 3.05) is 0 Å². The van der Waals surface area contributed by atoms with Crippen LogP contribution in [0.2, 0.25) is 0 Å². The van der Waals surface area contributed by atoms with E-state index in [4.69, 9.17) is 4.98 Å². The summed E-state index contributed by atoms with van der Waals surface area (Å²) in [6.07, 6.45) is 1.86. The number of pyridine rings is 2. The minimum absolute atomic E-state index is 0.790. The Balaban J connectivity index is 1.14. The molecular weight excluding hydrogens is 550 g/mol. The summed E-state index contributed by atoms with van der Waals surface area (Å²) in [6.45, 7) is 0. The number of rotatable bonds is 4. The normalized spacial score (nSPS) is 11.6. The second-order valence-electron chi connectivity index (χ2n) is 11.2. The maximum absolute atomic E-state index is 5.21. The van der Waals surface area contributed by atoms with Crippen molar-refractivity contribution in [2.45, 2.75) is 0 Å². The highest BCUT2D eigenvalue weighted by atomic mass is 15.3. The Hall–Kier alpha value is -6.20. The summed E-state index contributed by atoms with van der Waals surface area (Å²) >= 11 is 0. The Morgan fingerprint density at radius 2 is 0.956 bits per heavy atom. The van der Waals surface area contributed by atoms with E-state index in [2.05, 4.69) is 123 Å². The van der Waals surface area contributed by atoms with E-state index in [1.807, 2.05) is 48.7 Å². The second-order valence-corrected chi connectivity index (χ2v) is 11.2. The van der Waals surface area contributed by atoms with E-state index in [9.17, 15) is 0 Å². The Morgan fingerprint density at radius 1 is 0.400 bits per heavy atom. The van der Waals surface area contributed by atoms with Gasteiger partial charge in [-0.3, -0.25) is 9.55 Å². The molecule has 0 unspecified atom stereocenters. The number of nitrogens with zero attached hydrogens (tertiary/aromatic N) is 5. The molecule has 0 radical (unpaired) electrons. The third kappa shape index (κ3) is 4.17. The summed E-state index contributed by atoms with van der Waals surface area (Å²) in [4.78, 5) is 9.88. The number of hydrogen-bond donors (Lipinski definition) is 0. The molecule has 0 saturated heterocycles. The van der Waals surface area contributed by atoms with E-state index < -0.39 is 0 Å². The van der Waals surface area contributed by atoms with Gasteiger partial charge in [0.25, 0.3) is 0 Å². The zero-order valence-corrected chi connectivity index (χ0v) is 24.2. The van der Waals surface area contributed by atoms with Crippen LogP contribution in [0.3, 0.4) is 0 Å². The highest BCUT2D eigenvalue weighted by molar-refractivity contribution is 6.20. The minimum atomic E-state index is 0.790. The molecule has 0 N–H and O–H groups in total. The number of hydrogen-bond acceptors (Lipinski definition) is 4. The molecule has 0 aliphatic heterocycles. The Bertz CT molecular complexity index is 2520. The van der Waals surface area contributed by atoms with Gasteiger partial charge < -0.3 is 0 Å². The molecule has 3 aromatic heterocycles. The summed E-state index contributed by atoms with van der Waals surface area (Å²) in [5.74, 6) is 1.60. The Labute approximate surface area is 259 Å². The van der Waals surface area contributed by atoms with E-state index in [1.165, 1.54) is 10.8 Å². The van der Waals surface area contributed by atoms with Crippen LogP contribution in [-0.4, -0.2) is 24.7 Å². The van der Waals surface area contributed by atoms with Gasteiger partial charge in [-0.1, -0.05) is 121 Å². The van der Waals surface area contributed by atoms with Crippen molar-refractivity contribution >= 4 is 43.4 Å². The number of benzene rings is 6. The smallest absolute Gasteiger partial charge is 0.168 e. The first-order valence-corrected chi connectivity index (χ1v) is 15.0. The summed E-state index contributed by atoms with van der Waals surface area (Å²) in [5.41, 5.74) is 7.00. The van der Waals surface area contributed by atoms with E-state index >= 15 is 0 Å². The molecule has 210 valence electrons. The Morgan fingerprint density at radius 3 is 1.67 bits per heavy atom. The molecule has 9 aromatic rings. The molecule has 3 heterocycles. The predicted molar refractivity (Wildman–Crippen MR) is 183 cm³/mol. The fourth-order valence-corrected chi connectivity index (χ4v) is 6.37. The van der Waals surface area contributed by atoms with E-state index in [1.54, 1.807) is 0 Å². The monoisotopic (exact) mass is 575 g/mol. The molecule has 0 aliphatic rings.